The van der Waals surface area contributed by atoms with E-state index in [4.69, 9.17) is 0 Å². The van der Waals surface area contributed by atoms with Crippen molar-refractivity contribution < 1.29 is 0 Å². The first-order chi connectivity index (χ1) is 25.3. The molecule has 1 nitrogen and oxygen atoms in total. The third-order valence-corrected chi connectivity index (χ3v) is 12.8. The van der Waals surface area contributed by atoms with Crippen molar-refractivity contribution >= 4 is 84.8 Å². The second kappa shape index (κ2) is 11.3. The Bertz CT molecular complexity index is 3030. The number of thiophene rings is 2. The first-order valence-corrected chi connectivity index (χ1v) is 19.0. The zero-order valence-electron chi connectivity index (χ0n) is 27.5. The minimum atomic E-state index is 1.16. The number of nitrogens with zero attached hydrogens (tertiary/aromatic N) is 1. The van der Waals surface area contributed by atoms with Crippen LogP contribution in [0.25, 0.3) is 101 Å². The summed E-state index contributed by atoms with van der Waals surface area (Å²) in [7, 11) is 0. The summed E-state index contributed by atoms with van der Waals surface area (Å²) >= 11 is 3.83. The van der Waals surface area contributed by atoms with Gasteiger partial charge in [-0.3, -0.25) is 0 Å². The molecule has 3 aromatic heterocycles. The summed E-state index contributed by atoms with van der Waals surface area (Å²) in [6.45, 7) is 0. The summed E-state index contributed by atoms with van der Waals surface area (Å²) in [5.74, 6) is 0. The van der Waals surface area contributed by atoms with Crippen LogP contribution in [0.4, 0.5) is 0 Å². The molecule has 0 aliphatic heterocycles. The standard InChI is InChI=1S/C48H29NS2/c1-3-11-30(12-4-1)32-21-24-42-40(28-32)41-29-33(31-13-5-2-6-14-31)22-25-43(41)49(42)35-16-9-15-34(27-35)36-18-10-19-37-38-23-26-45-46(48(38)51-47(36)37)39-17-7-8-20-44(39)50-45/h1-29H. The van der Waals surface area contributed by atoms with Crippen LogP contribution in [0.15, 0.2) is 176 Å². The van der Waals surface area contributed by atoms with Crippen molar-refractivity contribution in [1.82, 2.24) is 4.57 Å². The number of hydrogen-bond acceptors (Lipinski definition) is 2. The van der Waals surface area contributed by atoms with Crippen LogP contribution in [-0.2, 0) is 0 Å². The van der Waals surface area contributed by atoms with Gasteiger partial charge in [-0.2, -0.15) is 0 Å². The molecule has 0 radical (unpaired) electrons. The van der Waals surface area contributed by atoms with Crippen molar-refractivity contribution in [3.63, 3.8) is 0 Å². The van der Waals surface area contributed by atoms with Crippen LogP contribution in [0, 0.1) is 0 Å². The van der Waals surface area contributed by atoms with Crippen molar-refractivity contribution in [1.29, 1.82) is 0 Å². The van der Waals surface area contributed by atoms with Crippen LogP contribution in [0.5, 0.6) is 0 Å². The van der Waals surface area contributed by atoms with Crippen LogP contribution in [0.2, 0.25) is 0 Å². The van der Waals surface area contributed by atoms with Crippen molar-refractivity contribution in [2.45, 2.75) is 0 Å². The molecule has 0 bridgehead atoms. The maximum Gasteiger partial charge on any atom is 0.0541 e. The zero-order chi connectivity index (χ0) is 33.5. The van der Waals surface area contributed by atoms with Crippen molar-refractivity contribution in [2.75, 3.05) is 0 Å². The molecule has 0 saturated heterocycles. The number of hydrogen-bond donors (Lipinski definition) is 0. The minimum Gasteiger partial charge on any atom is -0.309 e. The van der Waals surface area contributed by atoms with E-state index in [1.807, 2.05) is 22.7 Å². The van der Waals surface area contributed by atoms with Crippen molar-refractivity contribution in [2.24, 2.45) is 0 Å². The Labute approximate surface area is 302 Å². The van der Waals surface area contributed by atoms with Gasteiger partial charge in [-0.25, -0.2) is 0 Å². The summed E-state index contributed by atoms with van der Waals surface area (Å²) in [5, 5.41) is 7.93. The largest absolute Gasteiger partial charge is 0.309 e. The molecule has 0 spiro atoms. The van der Waals surface area contributed by atoms with Crippen LogP contribution in [-0.4, -0.2) is 4.57 Å². The summed E-state index contributed by atoms with van der Waals surface area (Å²) < 4.78 is 7.88. The fourth-order valence-electron chi connectivity index (χ4n) is 8.03. The molecule has 8 aromatic carbocycles. The lowest BCUT2D eigenvalue weighted by Gasteiger charge is -2.11. The summed E-state index contributed by atoms with van der Waals surface area (Å²) in [4.78, 5) is 0. The van der Waals surface area contributed by atoms with E-state index in [2.05, 4.69) is 180 Å². The zero-order valence-corrected chi connectivity index (χ0v) is 29.1. The maximum atomic E-state index is 2.45. The topological polar surface area (TPSA) is 4.93 Å². The number of benzene rings is 8. The van der Waals surface area contributed by atoms with E-state index < -0.39 is 0 Å². The lowest BCUT2D eigenvalue weighted by Crippen LogP contribution is -1.94. The summed E-state index contributed by atoms with van der Waals surface area (Å²) in [6, 6.07) is 64.7. The molecule has 0 fully saturated rings. The molecular weight excluding hydrogens is 655 g/mol. The monoisotopic (exact) mass is 683 g/mol. The van der Waals surface area contributed by atoms with E-state index in [1.54, 1.807) is 0 Å². The van der Waals surface area contributed by atoms with E-state index in [0.717, 1.165) is 5.69 Å². The molecule has 11 rings (SSSR count). The Hall–Kier alpha value is -6.00. The average molecular weight is 684 g/mol. The van der Waals surface area contributed by atoms with Crippen LogP contribution in [0.3, 0.4) is 0 Å². The van der Waals surface area contributed by atoms with Gasteiger partial charge in [-0.05, 0) is 81.9 Å². The predicted octanol–water partition coefficient (Wildman–Crippen LogP) is 14.5. The summed E-state index contributed by atoms with van der Waals surface area (Å²) in [6.07, 6.45) is 0. The SMILES string of the molecule is c1ccc(-c2ccc3c(c2)c2cc(-c4ccccc4)ccc2n3-c2cccc(-c3cccc4c3sc3c4ccc4sc5ccccc5c43)c2)cc1. The van der Waals surface area contributed by atoms with Crippen LogP contribution >= 0.6 is 22.7 Å². The average Bonchev–Trinajstić information content (AvgIpc) is 3.87. The molecule has 238 valence electrons. The minimum absolute atomic E-state index is 1.16. The lowest BCUT2D eigenvalue weighted by atomic mass is 10.0. The van der Waals surface area contributed by atoms with Crippen LogP contribution in [0.1, 0.15) is 0 Å². The van der Waals surface area contributed by atoms with E-state index in [-0.39, 0.29) is 0 Å². The molecule has 0 aliphatic rings. The first-order valence-electron chi connectivity index (χ1n) is 17.3. The second-order valence-corrected chi connectivity index (χ2v) is 15.4. The van der Waals surface area contributed by atoms with Crippen LogP contribution < -0.4 is 0 Å². The summed E-state index contributed by atoms with van der Waals surface area (Å²) in [5.41, 5.74) is 11.0. The molecular formula is C48H29NS2. The van der Waals surface area contributed by atoms with Gasteiger partial charge in [0.25, 0.3) is 0 Å². The molecule has 0 aliphatic carbocycles. The van der Waals surface area contributed by atoms with E-state index in [9.17, 15) is 0 Å². The molecule has 0 unspecified atom stereocenters. The Kier molecular flexibility index (Phi) is 6.36. The molecule has 3 heterocycles. The van der Waals surface area contributed by atoms with Gasteiger partial charge >= 0.3 is 0 Å². The molecule has 0 saturated carbocycles. The van der Waals surface area contributed by atoms with Crippen molar-refractivity contribution in [3.8, 4) is 39.1 Å². The molecule has 0 atom stereocenters. The van der Waals surface area contributed by atoms with Gasteiger partial charge in [0.05, 0.1) is 11.0 Å². The Morgan fingerprint density at radius 2 is 0.941 bits per heavy atom. The van der Waals surface area contributed by atoms with Gasteiger partial charge in [0.2, 0.25) is 0 Å². The van der Waals surface area contributed by atoms with Gasteiger partial charge in [-0.1, -0.05) is 127 Å². The second-order valence-electron chi connectivity index (χ2n) is 13.3. The quantitative estimate of drug-likeness (QED) is 0.174. The van der Waals surface area contributed by atoms with Gasteiger partial charge in [-0.15, -0.1) is 22.7 Å². The molecule has 0 N–H and O–H groups in total. The Balaban J connectivity index is 1.13. The smallest absolute Gasteiger partial charge is 0.0541 e. The normalized spacial score (nSPS) is 11.9. The highest BCUT2D eigenvalue weighted by Gasteiger charge is 2.18. The van der Waals surface area contributed by atoms with E-state index >= 15 is 0 Å². The molecule has 0 amide bonds. The number of fused-ring (bicyclic) bond motifs is 10. The number of rotatable bonds is 4. The predicted molar refractivity (Wildman–Crippen MR) is 223 cm³/mol. The Morgan fingerprint density at radius 1 is 0.333 bits per heavy atom. The lowest BCUT2D eigenvalue weighted by molar-refractivity contribution is 1.18. The first kappa shape index (κ1) is 28.8. The third kappa shape index (κ3) is 4.45. The highest BCUT2D eigenvalue weighted by Crippen LogP contribution is 2.47. The van der Waals surface area contributed by atoms with Crippen molar-refractivity contribution in [3.05, 3.63) is 176 Å². The molecule has 51 heavy (non-hydrogen) atoms. The fraction of sp³-hybridized carbons (Fsp3) is 0. The van der Waals surface area contributed by atoms with Gasteiger partial charge in [0.15, 0.2) is 0 Å². The van der Waals surface area contributed by atoms with Gasteiger partial charge in [0, 0.05) is 56.8 Å². The molecule has 11 aromatic rings. The number of aromatic nitrogens is 1. The highest BCUT2D eigenvalue weighted by molar-refractivity contribution is 7.30. The third-order valence-electron chi connectivity index (χ3n) is 10.4. The van der Waals surface area contributed by atoms with E-state index in [1.165, 1.54) is 95.5 Å². The van der Waals surface area contributed by atoms with Gasteiger partial charge < -0.3 is 4.57 Å². The van der Waals surface area contributed by atoms with Gasteiger partial charge in [0.1, 0.15) is 0 Å². The Morgan fingerprint density at radius 3 is 1.67 bits per heavy atom. The fourth-order valence-corrected chi connectivity index (χ4v) is 10.6. The van der Waals surface area contributed by atoms with E-state index in [0.29, 0.717) is 0 Å². The maximum absolute atomic E-state index is 2.45. The highest BCUT2D eigenvalue weighted by atomic mass is 32.1. The molecule has 3 heteroatoms.